The number of hydrogen-bond acceptors (Lipinski definition) is 3. The van der Waals surface area contributed by atoms with Gasteiger partial charge in [-0.2, -0.15) is 0 Å². The van der Waals surface area contributed by atoms with E-state index >= 15 is 0 Å². The minimum absolute atomic E-state index is 0.0386. The molecule has 0 bridgehead atoms. The van der Waals surface area contributed by atoms with Crippen molar-refractivity contribution in [1.82, 2.24) is 9.55 Å². The average molecular weight is 390 g/mol. The fourth-order valence-corrected chi connectivity index (χ4v) is 4.08. The summed E-state index contributed by atoms with van der Waals surface area (Å²) in [6.45, 7) is 0.548. The Bertz CT molecular complexity index is 1160. The van der Waals surface area contributed by atoms with Crippen LogP contribution >= 0.6 is 11.8 Å². The zero-order valence-corrected chi connectivity index (χ0v) is 16.0. The lowest BCUT2D eigenvalue weighted by atomic mass is 10.1. The van der Waals surface area contributed by atoms with Gasteiger partial charge in [-0.1, -0.05) is 66.4 Å². The van der Waals surface area contributed by atoms with E-state index in [1.165, 1.54) is 29.5 Å². The standard InChI is InChI=1S/C23H19FN2OS/c24-19-10-6-9-18(15-19)16-28-23-25-21-12-5-4-11-20(21)22(27)26(23)14-13-17-7-2-1-3-8-17/h1-12,15H,13-14,16H2. The van der Waals surface area contributed by atoms with Gasteiger partial charge in [-0.05, 0) is 41.8 Å². The zero-order valence-electron chi connectivity index (χ0n) is 15.2. The van der Waals surface area contributed by atoms with E-state index in [1.54, 1.807) is 10.6 Å². The minimum atomic E-state index is -0.258. The summed E-state index contributed by atoms with van der Waals surface area (Å²) in [4.78, 5) is 17.8. The molecule has 0 saturated heterocycles. The van der Waals surface area contributed by atoms with E-state index in [0.29, 0.717) is 28.4 Å². The molecule has 0 N–H and O–H groups in total. The van der Waals surface area contributed by atoms with Gasteiger partial charge in [0.05, 0.1) is 10.9 Å². The summed E-state index contributed by atoms with van der Waals surface area (Å²) >= 11 is 1.46. The molecule has 4 aromatic rings. The summed E-state index contributed by atoms with van der Waals surface area (Å²) in [5, 5.41) is 1.27. The summed E-state index contributed by atoms with van der Waals surface area (Å²) < 4.78 is 15.2. The highest BCUT2D eigenvalue weighted by Crippen LogP contribution is 2.23. The molecule has 5 heteroatoms. The van der Waals surface area contributed by atoms with E-state index in [2.05, 4.69) is 12.1 Å². The summed E-state index contributed by atoms with van der Waals surface area (Å²) in [7, 11) is 0. The van der Waals surface area contributed by atoms with Crippen LogP contribution in [0.2, 0.25) is 0 Å². The van der Waals surface area contributed by atoms with Gasteiger partial charge < -0.3 is 0 Å². The van der Waals surface area contributed by atoms with Crippen LogP contribution in [0.1, 0.15) is 11.1 Å². The van der Waals surface area contributed by atoms with Crippen molar-refractivity contribution in [2.24, 2.45) is 0 Å². The van der Waals surface area contributed by atoms with Gasteiger partial charge in [0, 0.05) is 12.3 Å². The summed E-state index contributed by atoms with van der Waals surface area (Å²) in [5.41, 5.74) is 2.68. The molecule has 0 saturated carbocycles. The number of rotatable bonds is 6. The van der Waals surface area contributed by atoms with Gasteiger partial charge in [-0.3, -0.25) is 9.36 Å². The number of hydrogen-bond donors (Lipinski definition) is 0. The molecule has 0 aliphatic heterocycles. The molecule has 0 unspecified atom stereocenters. The summed E-state index contributed by atoms with van der Waals surface area (Å²) in [6.07, 6.45) is 0.744. The number of thioether (sulfide) groups is 1. The summed E-state index contributed by atoms with van der Waals surface area (Å²) in [6, 6.07) is 24.0. The van der Waals surface area contributed by atoms with Crippen molar-refractivity contribution in [2.45, 2.75) is 23.9 Å². The number of aromatic nitrogens is 2. The van der Waals surface area contributed by atoms with Crippen molar-refractivity contribution in [3.63, 3.8) is 0 Å². The first-order valence-electron chi connectivity index (χ1n) is 9.11. The first kappa shape index (κ1) is 18.4. The van der Waals surface area contributed by atoms with Crippen molar-refractivity contribution >= 4 is 22.7 Å². The first-order chi connectivity index (χ1) is 13.7. The Morgan fingerprint density at radius 3 is 2.46 bits per heavy atom. The second kappa shape index (κ2) is 8.40. The van der Waals surface area contributed by atoms with Crippen LogP contribution in [-0.4, -0.2) is 9.55 Å². The molecule has 1 aromatic heterocycles. The van der Waals surface area contributed by atoms with Crippen molar-refractivity contribution in [2.75, 3.05) is 0 Å². The Balaban J connectivity index is 1.67. The molecule has 0 spiro atoms. The van der Waals surface area contributed by atoms with Crippen molar-refractivity contribution in [3.05, 3.63) is 106 Å². The predicted molar refractivity (Wildman–Crippen MR) is 112 cm³/mol. The molecular weight excluding hydrogens is 371 g/mol. The Labute approximate surface area is 166 Å². The quantitative estimate of drug-likeness (QED) is 0.341. The van der Waals surface area contributed by atoms with Crippen LogP contribution < -0.4 is 5.56 Å². The second-order valence-electron chi connectivity index (χ2n) is 6.52. The Kier molecular flexibility index (Phi) is 5.53. The van der Waals surface area contributed by atoms with Gasteiger partial charge in [-0.15, -0.1) is 0 Å². The normalized spacial score (nSPS) is 11.0. The molecule has 0 aliphatic rings. The van der Waals surface area contributed by atoms with Crippen molar-refractivity contribution in [3.8, 4) is 0 Å². The lowest BCUT2D eigenvalue weighted by Gasteiger charge is -2.13. The molecule has 1 heterocycles. The van der Waals surface area contributed by atoms with Crippen LogP contribution in [-0.2, 0) is 18.7 Å². The van der Waals surface area contributed by atoms with E-state index < -0.39 is 0 Å². The van der Waals surface area contributed by atoms with Gasteiger partial charge in [0.1, 0.15) is 5.82 Å². The monoisotopic (exact) mass is 390 g/mol. The Morgan fingerprint density at radius 1 is 0.893 bits per heavy atom. The maximum Gasteiger partial charge on any atom is 0.262 e. The van der Waals surface area contributed by atoms with Crippen LogP contribution in [0, 0.1) is 5.82 Å². The van der Waals surface area contributed by atoms with Gasteiger partial charge in [0.2, 0.25) is 0 Å². The summed E-state index contributed by atoms with van der Waals surface area (Å²) in [5.74, 6) is 0.291. The maximum absolute atomic E-state index is 13.5. The topological polar surface area (TPSA) is 34.9 Å². The fraction of sp³-hybridized carbons (Fsp3) is 0.130. The predicted octanol–water partition coefficient (Wildman–Crippen LogP) is 5.07. The lowest BCUT2D eigenvalue weighted by molar-refractivity contribution is 0.595. The molecule has 0 fully saturated rings. The third-order valence-electron chi connectivity index (χ3n) is 4.55. The highest BCUT2D eigenvalue weighted by molar-refractivity contribution is 7.98. The lowest BCUT2D eigenvalue weighted by Crippen LogP contribution is -2.24. The number of para-hydroxylation sites is 1. The van der Waals surface area contributed by atoms with Gasteiger partial charge >= 0.3 is 0 Å². The van der Waals surface area contributed by atoms with Crippen LogP contribution in [0.5, 0.6) is 0 Å². The van der Waals surface area contributed by atoms with E-state index in [1.807, 2.05) is 48.5 Å². The van der Waals surface area contributed by atoms with Crippen LogP contribution in [0.25, 0.3) is 10.9 Å². The smallest absolute Gasteiger partial charge is 0.262 e. The molecule has 0 amide bonds. The minimum Gasteiger partial charge on any atom is -0.287 e. The van der Waals surface area contributed by atoms with E-state index in [0.717, 1.165) is 12.0 Å². The molecule has 0 aliphatic carbocycles. The van der Waals surface area contributed by atoms with Gasteiger partial charge in [0.15, 0.2) is 5.16 Å². The molecule has 140 valence electrons. The van der Waals surface area contributed by atoms with Crippen molar-refractivity contribution < 1.29 is 4.39 Å². The van der Waals surface area contributed by atoms with Crippen LogP contribution in [0.3, 0.4) is 0 Å². The van der Waals surface area contributed by atoms with Crippen molar-refractivity contribution in [1.29, 1.82) is 0 Å². The third-order valence-corrected chi connectivity index (χ3v) is 5.60. The molecule has 28 heavy (non-hydrogen) atoms. The number of nitrogens with zero attached hydrogens (tertiary/aromatic N) is 2. The number of aryl methyl sites for hydroxylation is 1. The maximum atomic E-state index is 13.5. The van der Waals surface area contributed by atoms with E-state index in [4.69, 9.17) is 4.98 Å². The highest BCUT2D eigenvalue weighted by Gasteiger charge is 2.12. The van der Waals surface area contributed by atoms with E-state index in [9.17, 15) is 9.18 Å². The third kappa shape index (κ3) is 4.15. The zero-order chi connectivity index (χ0) is 19.3. The number of fused-ring (bicyclic) bond motifs is 1. The molecule has 3 aromatic carbocycles. The van der Waals surface area contributed by atoms with Crippen LogP contribution in [0.4, 0.5) is 4.39 Å². The second-order valence-corrected chi connectivity index (χ2v) is 7.47. The fourth-order valence-electron chi connectivity index (χ4n) is 3.12. The number of halogens is 1. The highest BCUT2D eigenvalue weighted by atomic mass is 32.2. The molecule has 0 atom stereocenters. The molecular formula is C23H19FN2OS. The number of benzene rings is 3. The SMILES string of the molecule is O=c1c2ccccc2nc(SCc2cccc(F)c2)n1CCc1ccccc1. The Hall–Kier alpha value is -2.92. The molecule has 3 nitrogen and oxygen atoms in total. The first-order valence-corrected chi connectivity index (χ1v) is 10.1. The molecule has 4 rings (SSSR count). The Morgan fingerprint density at radius 2 is 1.64 bits per heavy atom. The van der Waals surface area contributed by atoms with Gasteiger partial charge in [0.25, 0.3) is 5.56 Å². The van der Waals surface area contributed by atoms with Crippen LogP contribution in [0.15, 0.2) is 88.8 Å². The average Bonchev–Trinajstić information content (AvgIpc) is 2.72. The van der Waals surface area contributed by atoms with Gasteiger partial charge in [-0.25, -0.2) is 9.37 Å². The largest absolute Gasteiger partial charge is 0.287 e. The molecule has 0 radical (unpaired) electrons. The van der Waals surface area contributed by atoms with E-state index in [-0.39, 0.29) is 11.4 Å².